The Bertz CT molecular complexity index is 1600. The molecule has 3 radical (unpaired) electrons. The number of rotatable bonds is 6. The zero-order valence-corrected chi connectivity index (χ0v) is 34.7. The molecular weight excluding hydrogens is 898 g/mol. The van der Waals surface area contributed by atoms with Crippen molar-refractivity contribution in [2.45, 2.75) is 6.42 Å². The smallest absolute Gasteiger partial charge is 0.0134 e. The minimum Gasteiger partial charge on any atom is -0.0622 e. The SMILES string of the molecule is [CH2][C]1[C-]c2ccccc2C1.[Cl][Pd+].[Cl][Pd+].c1ccc(P(c2ccccc2)c2ccccc2)cc1.c1ccc(P(c2ccccc2)c2ccccc2)cc1. The molecule has 0 bridgehead atoms. The van der Waals surface area contributed by atoms with Crippen LogP contribution in [0.25, 0.3) is 0 Å². The maximum absolute atomic E-state index is 4.49. The summed E-state index contributed by atoms with van der Waals surface area (Å²) in [4.78, 5) is 0. The molecule has 0 fully saturated rings. The Labute approximate surface area is 343 Å². The summed E-state index contributed by atoms with van der Waals surface area (Å²) in [6, 6.07) is 72.9. The van der Waals surface area contributed by atoms with E-state index in [0.717, 1.165) is 12.3 Å². The van der Waals surface area contributed by atoms with Crippen LogP contribution in [0, 0.1) is 19.3 Å². The molecule has 7 aromatic rings. The van der Waals surface area contributed by atoms with Crippen LogP contribution < -0.4 is 31.8 Å². The van der Waals surface area contributed by atoms with E-state index in [1.54, 1.807) is 0 Å². The Morgan fingerprint density at radius 3 is 0.846 bits per heavy atom. The fourth-order valence-electron chi connectivity index (χ4n) is 5.62. The van der Waals surface area contributed by atoms with Crippen molar-refractivity contribution in [3.8, 4) is 0 Å². The summed E-state index contributed by atoms with van der Waals surface area (Å²) in [5.74, 6) is 1.10. The van der Waals surface area contributed by atoms with E-state index in [-0.39, 0.29) is 0 Å². The van der Waals surface area contributed by atoms with Crippen molar-refractivity contribution in [1.29, 1.82) is 0 Å². The molecule has 0 aromatic heterocycles. The first-order valence-corrected chi connectivity index (χ1v) is 23.1. The van der Waals surface area contributed by atoms with Gasteiger partial charge in [-0.05, 0) is 47.7 Å². The number of fused-ring (bicyclic) bond motifs is 1. The van der Waals surface area contributed by atoms with E-state index >= 15 is 0 Å². The Hall–Kier alpha value is -2.83. The molecular formula is C46H38Cl2P2Pd2+. The van der Waals surface area contributed by atoms with E-state index in [4.69, 9.17) is 0 Å². The summed E-state index contributed by atoms with van der Waals surface area (Å²) >= 11 is 4.44. The van der Waals surface area contributed by atoms with E-state index in [2.05, 4.69) is 269 Å². The molecule has 265 valence electrons. The molecule has 0 N–H and O–H groups in total. The van der Waals surface area contributed by atoms with E-state index in [9.17, 15) is 0 Å². The Morgan fingerprint density at radius 2 is 0.596 bits per heavy atom. The zero-order chi connectivity index (χ0) is 36.8. The van der Waals surface area contributed by atoms with E-state index in [1.807, 2.05) is 6.07 Å². The maximum Gasteiger partial charge on any atom is -0.0134 e. The molecule has 0 amide bonds. The van der Waals surface area contributed by atoms with Gasteiger partial charge in [0.2, 0.25) is 0 Å². The molecule has 0 unspecified atom stereocenters. The molecule has 8 rings (SSSR count). The molecule has 0 saturated heterocycles. The standard InChI is InChI=1S/2C18H15P.C10H8.2ClH.2Pd/c2*1-4-10-16(11-5-1)19(17-12-6-2-7-13-17)18-14-8-3-9-15-18;1-8-6-9-4-2-3-5-10(9)7-8;;;;/h2*1-15H;2-5H,1,6H2;2*1H;;/q;;-1;;;2*+2/p-2. The van der Waals surface area contributed by atoms with Crippen LogP contribution in [0.4, 0.5) is 0 Å². The molecule has 0 aliphatic heterocycles. The molecule has 6 heteroatoms. The molecule has 0 nitrogen and oxygen atoms in total. The summed E-state index contributed by atoms with van der Waals surface area (Å²) in [5, 5.41) is 8.39. The molecule has 1 aliphatic carbocycles. The van der Waals surface area contributed by atoms with Gasteiger partial charge in [0.05, 0.1) is 0 Å². The monoisotopic (exact) mass is 934 g/mol. The predicted octanol–water partition coefficient (Wildman–Crippen LogP) is 10.3. The van der Waals surface area contributed by atoms with E-state index in [1.165, 1.54) is 43.0 Å². The van der Waals surface area contributed by atoms with Crippen molar-refractivity contribution >= 4 is 66.7 Å². The molecule has 0 heterocycles. The maximum atomic E-state index is 4.49. The Kier molecular flexibility index (Phi) is 19.7. The third-order valence-electron chi connectivity index (χ3n) is 7.82. The summed E-state index contributed by atoms with van der Waals surface area (Å²) in [5.41, 5.74) is 2.57. The quantitative estimate of drug-likeness (QED) is 0.0886. The molecule has 0 saturated carbocycles. The van der Waals surface area contributed by atoms with Crippen LogP contribution in [0.2, 0.25) is 0 Å². The largest absolute Gasteiger partial charge is 0.0622 e. The van der Waals surface area contributed by atoms with Crippen LogP contribution in [-0.2, 0) is 42.8 Å². The minimum atomic E-state index is -0.446. The third-order valence-corrected chi connectivity index (χ3v) is 12.7. The number of benzene rings is 7. The van der Waals surface area contributed by atoms with E-state index < -0.39 is 15.8 Å². The van der Waals surface area contributed by atoms with Gasteiger partial charge in [0.1, 0.15) is 0 Å². The van der Waals surface area contributed by atoms with Crippen LogP contribution in [0.1, 0.15) is 11.1 Å². The second kappa shape index (κ2) is 24.5. The summed E-state index contributed by atoms with van der Waals surface area (Å²) in [6.45, 7) is 3.86. The van der Waals surface area contributed by atoms with Gasteiger partial charge in [-0.15, -0.1) is 17.7 Å². The van der Waals surface area contributed by atoms with Crippen molar-refractivity contribution in [3.63, 3.8) is 0 Å². The zero-order valence-electron chi connectivity index (χ0n) is 28.3. The van der Waals surface area contributed by atoms with Gasteiger partial charge in [-0.1, -0.05) is 207 Å². The van der Waals surface area contributed by atoms with Gasteiger partial charge in [-0.3, -0.25) is 0 Å². The van der Waals surface area contributed by atoms with Crippen LogP contribution in [0.5, 0.6) is 0 Å². The third kappa shape index (κ3) is 12.9. The van der Waals surface area contributed by atoms with Gasteiger partial charge in [0.15, 0.2) is 0 Å². The molecule has 1 aliphatic rings. The van der Waals surface area contributed by atoms with Crippen molar-refractivity contribution < 1.29 is 36.4 Å². The number of hydrogen-bond donors (Lipinski definition) is 0. The predicted molar refractivity (Wildman–Crippen MR) is 223 cm³/mol. The fraction of sp³-hybridized carbons (Fsp3) is 0.0217. The van der Waals surface area contributed by atoms with Crippen molar-refractivity contribution in [2.75, 3.05) is 0 Å². The average molecular weight is 937 g/mol. The van der Waals surface area contributed by atoms with E-state index in [0.29, 0.717) is 0 Å². The van der Waals surface area contributed by atoms with Crippen LogP contribution in [-0.4, -0.2) is 0 Å². The second-order valence-corrected chi connectivity index (χ2v) is 15.7. The fourth-order valence-corrected chi connectivity index (χ4v) is 10.2. The number of hydrogen-bond acceptors (Lipinski definition) is 0. The molecule has 0 spiro atoms. The first-order chi connectivity index (χ1) is 25.8. The van der Waals surface area contributed by atoms with Crippen molar-refractivity contribution in [1.82, 2.24) is 0 Å². The van der Waals surface area contributed by atoms with Gasteiger partial charge in [-0.25, -0.2) is 0 Å². The van der Waals surface area contributed by atoms with Crippen LogP contribution in [0.3, 0.4) is 0 Å². The van der Waals surface area contributed by atoms with Crippen LogP contribution >= 0.6 is 34.9 Å². The minimum absolute atomic E-state index is 0.446. The summed E-state index contributed by atoms with van der Waals surface area (Å²) < 4.78 is 0. The van der Waals surface area contributed by atoms with Gasteiger partial charge in [-0.2, -0.15) is 18.1 Å². The first kappa shape index (κ1) is 41.9. The molecule has 0 atom stereocenters. The summed E-state index contributed by atoms with van der Waals surface area (Å²) in [6.07, 6.45) is 4.19. The van der Waals surface area contributed by atoms with Gasteiger partial charge in [0.25, 0.3) is 0 Å². The topological polar surface area (TPSA) is 0 Å². The van der Waals surface area contributed by atoms with Gasteiger partial charge >= 0.3 is 55.4 Å². The normalized spacial score (nSPS) is 11.2. The van der Waals surface area contributed by atoms with Crippen molar-refractivity contribution in [3.05, 3.63) is 237 Å². The number of halogens is 2. The summed E-state index contributed by atoms with van der Waals surface area (Å²) in [7, 11) is 8.09. The van der Waals surface area contributed by atoms with Gasteiger partial charge < -0.3 is 0 Å². The Balaban J connectivity index is 0.000000173. The molecule has 52 heavy (non-hydrogen) atoms. The average Bonchev–Trinajstić information content (AvgIpc) is 3.63. The van der Waals surface area contributed by atoms with Crippen LogP contribution in [0.15, 0.2) is 206 Å². The molecule has 7 aromatic carbocycles. The Morgan fingerprint density at radius 1 is 0.365 bits per heavy atom. The first-order valence-electron chi connectivity index (χ1n) is 16.4. The van der Waals surface area contributed by atoms with Crippen molar-refractivity contribution in [2.24, 2.45) is 0 Å². The second-order valence-electron chi connectivity index (χ2n) is 11.2. The van der Waals surface area contributed by atoms with Gasteiger partial charge in [0, 0.05) is 0 Å².